The minimum atomic E-state index is 0.897. The molecule has 0 amide bonds. The van der Waals surface area contributed by atoms with Crippen molar-refractivity contribution in [2.45, 2.75) is 25.7 Å². The van der Waals surface area contributed by atoms with Crippen LogP contribution >= 0.6 is 0 Å². The first-order valence-corrected chi connectivity index (χ1v) is 6.37. The summed E-state index contributed by atoms with van der Waals surface area (Å²) in [6.07, 6.45) is 9.84. The molecule has 0 bridgehead atoms. The number of hydrogen-bond acceptors (Lipinski definition) is 1. The molecule has 1 unspecified atom stereocenters. The highest BCUT2D eigenvalue weighted by Crippen LogP contribution is 2.16. The van der Waals surface area contributed by atoms with Gasteiger partial charge < -0.3 is 5.32 Å². The molecule has 0 radical (unpaired) electrons. The normalized spacial score (nSPS) is 21.4. The predicted molar refractivity (Wildman–Crippen MR) is 70.3 cm³/mol. The number of benzene rings is 1. The Morgan fingerprint density at radius 3 is 2.88 bits per heavy atom. The standard InChI is InChI=1S/C15H21N/c1-2-7-14(8-3-1)9-4-5-10-15-11-6-12-16-13-15/h1-4,7-9,15-16H,5-6,10-13H2. The molecule has 1 N–H and O–H groups in total. The molecule has 16 heavy (non-hydrogen) atoms. The second-order valence-corrected chi connectivity index (χ2v) is 4.60. The van der Waals surface area contributed by atoms with Crippen molar-refractivity contribution in [3.63, 3.8) is 0 Å². The Morgan fingerprint density at radius 2 is 2.12 bits per heavy atom. The summed E-state index contributed by atoms with van der Waals surface area (Å²) in [5.74, 6) is 0.897. The summed E-state index contributed by atoms with van der Waals surface area (Å²) in [4.78, 5) is 0. The smallest absolute Gasteiger partial charge is 0.00204 e. The minimum absolute atomic E-state index is 0.897. The topological polar surface area (TPSA) is 12.0 Å². The van der Waals surface area contributed by atoms with Crippen LogP contribution in [-0.4, -0.2) is 13.1 Å². The highest BCUT2D eigenvalue weighted by molar-refractivity contribution is 5.48. The van der Waals surface area contributed by atoms with E-state index in [9.17, 15) is 0 Å². The van der Waals surface area contributed by atoms with E-state index >= 15 is 0 Å². The summed E-state index contributed by atoms with van der Waals surface area (Å²) in [5.41, 5.74) is 1.31. The highest BCUT2D eigenvalue weighted by Gasteiger charge is 2.10. The van der Waals surface area contributed by atoms with Gasteiger partial charge in [-0.3, -0.25) is 0 Å². The van der Waals surface area contributed by atoms with Crippen molar-refractivity contribution in [1.29, 1.82) is 0 Å². The molecule has 0 aromatic heterocycles. The molecule has 1 aliphatic rings. The highest BCUT2D eigenvalue weighted by atomic mass is 14.9. The maximum Gasteiger partial charge on any atom is -0.00204 e. The van der Waals surface area contributed by atoms with Gasteiger partial charge in [0.25, 0.3) is 0 Å². The minimum Gasteiger partial charge on any atom is -0.316 e. The van der Waals surface area contributed by atoms with E-state index in [2.05, 4.69) is 47.8 Å². The van der Waals surface area contributed by atoms with Crippen LogP contribution in [0.1, 0.15) is 31.2 Å². The molecule has 2 rings (SSSR count). The van der Waals surface area contributed by atoms with Crippen molar-refractivity contribution in [3.05, 3.63) is 42.0 Å². The molecule has 0 spiro atoms. The Labute approximate surface area is 98.6 Å². The predicted octanol–water partition coefficient (Wildman–Crippen LogP) is 3.48. The van der Waals surface area contributed by atoms with Gasteiger partial charge in [-0.2, -0.15) is 0 Å². The molecule has 1 aromatic carbocycles. The van der Waals surface area contributed by atoms with Crippen LogP contribution in [0, 0.1) is 5.92 Å². The van der Waals surface area contributed by atoms with Crippen molar-refractivity contribution in [1.82, 2.24) is 5.32 Å². The van der Waals surface area contributed by atoms with Gasteiger partial charge in [0.1, 0.15) is 0 Å². The van der Waals surface area contributed by atoms with Crippen LogP contribution in [0.4, 0.5) is 0 Å². The van der Waals surface area contributed by atoms with Gasteiger partial charge in [0.2, 0.25) is 0 Å². The van der Waals surface area contributed by atoms with E-state index in [0.717, 1.165) is 5.92 Å². The zero-order chi connectivity index (χ0) is 11.1. The number of hydrogen-bond donors (Lipinski definition) is 1. The summed E-state index contributed by atoms with van der Waals surface area (Å²) < 4.78 is 0. The lowest BCUT2D eigenvalue weighted by molar-refractivity contribution is 0.360. The monoisotopic (exact) mass is 215 g/mol. The van der Waals surface area contributed by atoms with Gasteiger partial charge in [0.05, 0.1) is 0 Å². The molecule has 1 nitrogen and oxygen atoms in total. The second-order valence-electron chi connectivity index (χ2n) is 4.60. The molecule has 0 saturated carbocycles. The van der Waals surface area contributed by atoms with E-state index in [1.807, 2.05) is 0 Å². The molecule has 1 heterocycles. The van der Waals surface area contributed by atoms with Crippen LogP contribution in [0.3, 0.4) is 0 Å². The van der Waals surface area contributed by atoms with Crippen molar-refractivity contribution < 1.29 is 0 Å². The second kappa shape index (κ2) is 6.49. The number of rotatable bonds is 4. The van der Waals surface area contributed by atoms with E-state index in [1.165, 1.54) is 44.3 Å². The molecule has 1 heteroatoms. The fourth-order valence-corrected chi connectivity index (χ4v) is 2.29. The fourth-order valence-electron chi connectivity index (χ4n) is 2.29. The first-order chi connectivity index (χ1) is 7.95. The number of allylic oxidation sites excluding steroid dienone is 1. The van der Waals surface area contributed by atoms with E-state index in [1.54, 1.807) is 0 Å². The quantitative estimate of drug-likeness (QED) is 0.811. The zero-order valence-electron chi connectivity index (χ0n) is 9.86. The van der Waals surface area contributed by atoms with Crippen molar-refractivity contribution >= 4 is 6.08 Å². The third-order valence-corrected chi connectivity index (χ3v) is 3.25. The van der Waals surface area contributed by atoms with Gasteiger partial charge in [-0.05, 0) is 50.3 Å². The summed E-state index contributed by atoms with van der Waals surface area (Å²) >= 11 is 0. The molecule has 1 aromatic rings. The van der Waals surface area contributed by atoms with Gasteiger partial charge in [-0.15, -0.1) is 0 Å². The molecule has 86 valence electrons. The fraction of sp³-hybridized carbons (Fsp3) is 0.467. The van der Waals surface area contributed by atoms with Crippen LogP contribution in [0.2, 0.25) is 0 Å². The largest absolute Gasteiger partial charge is 0.316 e. The molecule has 1 saturated heterocycles. The summed E-state index contributed by atoms with van der Waals surface area (Å²) in [7, 11) is 0. The van der Waals surface area contributed by atoms with Gasteiger partial charge in [-0.25, -0.2) is 0 Å². The Kier molecular flexibility index (Phi) is 4.63. The van der Waals surface area contributed by atoms with Crippen molar-refractivity contribution in [3.8, 4) is 0 Å². The average Bonchev–Trinajstić information content (AvgIpc) is 2.37. The zero-order valence-corrected chi connectivity index (χ0v) is 9.86. The summed E-state index contributed by atoms with van der Waals surface area (Å²) in [6, 6.07) is 10.5. The maximum absolute atomic E-state index is 3.47. The molecular formula is C15H21N. The Hall–Kier alpha value is -1.08. The Bertz CT molecular complexity index is 309. The van der Waals surface area contributed by atoms with Crippen molar-refractivity contribution in [2.24, 2.45) is 5.92 Å². The molecule has 1 fully saturated rings. The van der Waals surface area contributed by atoms with Crippen LogP contribution in [0.15, 0.2) is 36.4 Å². The molecule has 1 atom stereocenters. The first kappa shape index (κ1) is 11.4. The van der Waals surface area contributed by atoms with Gasteiger partial charge in [0, 0.05) is 0 Å². The number of piperidine rings is 1. The molecule has 1 aliphatic heterocycles. The third-order valence-electron chi connectivity index (χ3n) is 3.25. The van der Waals surface area contributed by atoms with E-state index in [-0.39, 0.29) is 0 Å². The Morgan fingerprint density at radius 1 is 1.25 bits per heavy atom. The van der Waals surface area contributed by atoms with Gasteiger partial charge in [-0.1, -0.05) is 42.5 Å². The number of nitrogens with one attached hydrogen (secondary N) is 1. The van der Waals surface area contributed by atoms with Gasteiger partial charge in [0.15, 0.2) is 0 Å². The van der Waals surface area contributed by atoms with E-state index < -0.39 is 0 Å². The third kappa shape index (κ3) is 3.82. The lowest BCUT2D eigenvalue weighted by atomic mass is 9.94. The SMILES string of the molecule is C(=Cc1ccccc1)CCC1CCCNC1. The van der Waals surface area contributed by atoms with Crippen LogP contribution in [0.25, 0.3) is 6.08 Å². The van der Waals surface area contributed by atoms with E-state index in [0.29, 0.717) is 0 Å². The maximum atomic E-state index is 3.47. The van der Waals surface area contributed by atoms with E-state index in [4.69, 9.17) is 0 Å². The van der Waals surface area contributed by atoms with Crippen LogP contribution in [-0.2, 0) is 0 Å². The van der Waals surface area contributed by atoms with Crippen LogP contribution in [0.5, 0.6) is 0 Å². The van der Waals surface area contributed by atoms with Gasteiger partial charge >= 0.3 is 0 Å². The lowest BCUT2D eigenvalue weighted by Crippen LogP contribution is -2.29. The molecular weight excluding hydrogens is 194 g/mol. The summed E-state index contributed by atoms with van der Waals surface area (Å²) in [5, 5.41) is 3.47. The van der Waals surface area contributed by atoms with Crippen molar-refractivity contribution in [2.75, 3.05) is 13.1 Å². The molecule has 0 aliphatic carbocycles. The first-order valence-electron chi connectivity index (χ1n) is 6.37. The van der Waals surface area contributed by atoms with Crippen LogP contribution < -0.4 is 5.32 Å². The average molecular weight is 215 g/mol. The summed E-state index contributed by atoms with van der Waals surface area (Å²) in [6.45, 7) is 2.44. The Balaban J connectivity index is 1.69. The lowest BCUT2D eigenvalue weighted by Gasteiger charge is -2.21.